The molecular weight excluding hydrogens is 260 g/mol. The van der Waals surface area contributed by atoms with Crippen molar-refractivity contribution in [3.8, 4) is 5.69 Å². The molecule has 0 radical (unpaired) electrons. The van der Waals surface area contributed by atoms with Gasteiger partial charge in [-0.15, -0.1) is 0 Å². The lowest BCUT2D eigenvalue weighted by molar-refractivity contribution is 0.881. The quantitative estimate of drug-likeness (QED) is 0.674. The molecule has 0 fully saturated rings. The summed E-state index contributed by atoms with van der Waals surface area (Å²) in [6.07, 6.45) is 4.20. The van der Waals surface area contributed by atoms with Crippen LogP contribution in [0.15, 0.2) is 73.1 Å². The summed E-state index contributed by atoms with van der Waals surface area (Å²) >= 11 is 0. The van der Waals surface area contributed by atoms with Crippen LogP contribution in [0.2, 0.25) is 13.1 Å². The van der Waals surface area contributed by atoms with E-state index in [2.05, 4.69) is 66.9 Å². The first-order valence-electron chi connectivity index (χ1n) is 6.84. The summed E-state index contributed by atoms with van der Waals surface area (Å²) in [7, 11) is -1.65. The first kappa shape index (κ1) is 12.9. The van der Waals surface area contributed by atoms with Gasteiger partial charge >= 0.3 is 0 Å². The molecule has 3 rings (SSSR count). The highest BCUT2D eigenvalue weighted by Gasteiger charge is 2.27. The Morgan fingerprint density at radius 3 is 2.05 bits per heavy atom. The highest BCUT2D eigenvalue weighted by Crippen LogP contribution is 2.08. The zero-order chi connectivity index (χ0) is 14.0. The normalized spacial score (nSPS) is 11.5. The lowest BCUT2D eigenvalue weighted by Gasteiger charge is -2.21. The van der Waals surface area contributed by atoms with Crippen LogP contribution in [0.4, 0.5) is 0 Å². The summed E-state index contributed by atoms with van der Waals surface area (Å²) in [6, 6.07) is 21.0. The molecule has 3 heteroatoms. The third-order valence-electron chi connectivity index (χ3n) is 3.82. The molecule has 0 aliphatic heterocycles. The molecule has 100 valence electrons. The molecule has 0 amide bonds. The topological polar surface area (TPSA) is 17.8 Å². The summed E-state index contributed by atoms with van der Waals surface area (Å²) < 4.78 is 1.97. The van der Waals surface area contributed by atoms with Crippen molar-refractivity contribution < 1.29 is 0 Å². The molecule has 2 aromatic carbocycles. The monoisotopic (exact) mass is 278 g/mol. The summed E-state index contributed by atoms with van der Waals surface area (Å²) in [4.78, 5) is 0. The number of hydrogen-bond donors (Lipinski definition) is 0. The molecule has 1 aromatic heterocycles. The molecule has 20 heavy (non-hydrogen) atoms. The highest BCUT2D eigenvalue weighted by molar-refractivity contribution is 7.00. The van der Waals surface area contributed by atoms with Crippen LogP contribution in [0, 0.1) is 0 Å². The molecule has 0 unspecified atom stereocenters. The fraction of sp³-hybridized carbons (Fsp3) is 0.118. The van der Waals surface area contributed by atoms with Gasteiger partial charge in [-0.05, 0) is 17.3 Å². The van der Waals surface area contributed by atoms with Crippen LogP contribution < -0.4 is 10.4 Å². The van der Waals surface area contributed by atoms with E-state index >= 15 is 0 Å². The maximum atomic E-state index is 4.53. The predicted octanol–water partition coefficient (Wildman–Crippen LogP) is 2.69. The van der Waals surface area contributed by atoms with Crippen LogP contribution in [0.5, 0.6) is 0 Å². The maximum absolute atomic E-state index is 4.53. The molecular formula is C17H18N2Si. The van der Waals surface area contributed by atoms with E-state index in [1.807, 2.05) is 29.1 Å². The van der Waals surface area contributed by atoms with Crippen molar-refractivity contribution in [2.24, 2.45) is 0 Å². The van der Waals surface area contributed by atoms with E-state index in [0.29, 0.717) is 0 Å². The van der Waals surface area contributed by atoms with Gasteiger partial charge in [0, 0.05) is 12.4 Å². The van der Waals surface area contributed by atoms with Crippen molar-refractivity contribution >= 4 is 18.4 Å². The van der Waals surface area contributed by atoms with Gasteiger partial charge in [0.05, 0.1) is 5.69 Å². The maximum Gasteiger partial charge on any atom is 0.116 e. The van der Waals surface area contributed by atoms with Gasteiger partial charge in [0.25, 0.3) is 0 Å². The van der Waals surface area contributed by atoms with Gasteiger partial charge in [0.1, 0.15) is 8.07 Å². The number of rotatable bonds is 3. The van der Waals surface area contributed by atoms with Crippen LogP contribution in [0.25, 0.3) is 5.69 Å². The zero-order valence-corrected chi connectivity index (χ0v) is 12.8. The van der Waals surface area contributed by atoms with Gasteiger partial charge in [-0.25, -0.2) is 4.68 Å². The van der Waals surface area contributed by atoms with E-state index in [9.17, 15) is 0 Å². The predicted molar refractivity (Wildman–Crippen MR) is 86.8 cm³/mol. The average Bonchev–Trinajstić information content (AvgIpc) is 3.00. The van der Waals surface area contributed by atoms with Crippen molar-refractivity contribution in [2.45, 2.75) is 13.1 Å². The number of nitrogens with zero attached hydrogens (tertiary/aromatic N) is 2. The lowest BCUT2D eigenvalue weighted by Crippen LogP contribution is -2.52. The second kappa shape index (κ2) is 5.10. The van der Waals surface area contributed by atoms with Crippen LogP contribution in [0.3, 0.4) is 0 Å². The minimum absolute atomic E-state index is 1.11. The Bertz CT molecular complexity index is 687. The van der Waals surface area contributed by atoms with Gasteiger partial charge in [-0.2, -0.15) is 5.10 Å². The summed E-state index contributed by atoms with van der Waals surface area (Å²) in [5.74, 6) is 0. The fourth-order valence-electron chi connectivity index (χ4n) is 2.39. The molecule has 2 nitrogen and oxygen atoms in total. The molecule has 0 N–H and O–H groups in total. The van der Waals surface area contributed by atoms with E-state index in [1.165, 1.54) is 10.4 Å². The molecule has 3 aromatic rings. The van der Waals surface area contributed by atoms with E-state index in [0.717, 1.165) is 5.69 Å². The van der Waals surface area contributed by atoms with Crippen molar-refractivity contribution in [3.63, 3.8) is 0 Å². The highest BCUT2D eigenvalue weighted by atomic mass is 28.3. The first-order valence-corrected chi connectivity index (χ1v) is 9.84. The SMILES string of the molecule is C[Si](C)(c1ccccc1)c1cnn(-c2ccccc2)c1. The Kier molecular flexibility index (Phi) is 3.28. The van der Waals surface area contributed by atoms with Crippen LogP contribution in [0.1, 0.15) is 0 Å². The zero-order valence-electron chi connectivity index (χ0n) is 11.8. The van der Waals surface area contributed by atoms with Crippen molar-refractivity contribution in [1.29, 1.82) is 0 Å². The van der Waals surface area contributed by atoms with E-state index in [1.54, 1.807) is 0 Å². The van der Waals surface area contributed by atoms with Gasteiger partial charge < -0.3 is 0 Å². The second-order valence-corrected chi connectivity index (χ2v) is 9.90. The smallest absolute Gasteiger partial charge is 0.116 e. The standard InChI is InChI=1S/C17H18N2Si/c1-20(2,16-11-7-4-8-12-16)17-13-18-19(14-17)15-9-5-3-6-10-15/h3-14H,1-2H3. The van der Waals surface area contributed by atoms with E-state index in [-0.39, 0.29) is 0 Å². The van der Waals surface area contributed by atoms with E-state index < -0.39 is 8.07 Å². The van der Waals surface area contributed by atoms with Gasteiger partial charge in [-0.1, -0.05) is 66.8 Å². The fourth-order valence-corrected chi connectivity index (χ4v) is 4.57. The summed E-state index contributed by atoms with van der Waals surface area (Å²) in [6.45, 7) is 4.74. The average molecular weight is 278 g/mol. The van der Waals surface area contributed by atoms with Crippen LogP contribution in [-0.2, 0) is 0 Å². The molecule has 0 bridgehead atoms. The number of para-hydroxylation sites is 1. The van der Waals surface area contributed by atoms with E-state index in [4.69, 9.17) is 0 Å². The Hall–Kier alpha value is -2.13. The molecule has 0 aliphatic carbocycles. The van der Waals surface area contributed by atoms with Crippen molar-refractivity contribution in [2.75, 3.05) is 0 Å². The minimum atomic E-state index is -1.65. The molecule has 0 saturated heterocycles. The Labute approximate surface area is 120 Å². The molecule has 0 aliphatic rings. The lowest BCUT2D eigenvalue weighted by atomic mass is 10.3. The Balaban J connectivity index is 1.98. The Morgan fingerprint density at radius 1 is 0.800 bits per heavy atom. The summed E-state index contributed by atoms with van der Waals surface area (Å²) in [5, 5.41) is 7.32. The molecule has 1 heterocycles. The number of hydrogen-bond acceptors (Lipinski definition) is 1. The van der Waals surface area contributed by atoms with Crippen molar-refractivity contribution in [3.05, 3.63) is 73.1 Å². The first-order chi connectivity index (χ1) is 9.68. The minimum Gasteiger partial charge on any atom is -0.241 e. The molecule has 0 spiro atoms. The van der Waals surface area contributed by atoms with Gasteiger partial charge in [0.15, 0.2) is 0 Å². The molecule has 0 atom stereocenters. The third kappa shape index (κ3) is 2.32. The third-order valence-corrected chi connectivity index (χ3v) is 7.30. The van der Waals surface area contributed by atoms with Crippen molar-refractivity contribution in [1.82, 2.24) is 9.78 Å². The molecule has 0 saturated carbocycles. The number of aromatic nitrogens is 2. The second-order valence-electron chi connectivity index (χ2n) is 5.50. The van der Waals surface area contributed by atoms with Crippen LogP contribution >= 0.6 is 0 Å². The van der Waals surface area contributed by atoms with Crippen LogP contribution in [-0.4, -0.2) is 17.9 Å². The summed E-state index contributed by atoms with van der Waals surface area (Å²) in [5.41, 5.74) is 1.11. The van der Waals surface area contributed by atoms with Gasteiger partial charge in [0.2, 0.25) is 0 Å². The van der Waals surface area contributed by atoms with Gasteiger partial charge in [-0.3, -0.25) is 0 Å². The number of benzene rings is 2. The Morgan fingerprint density at radius 2 is 1.40 bits per heavy atom. The largest absolute Gasteiger partial charge is 0.241 e.